The van der Waals surface area contributed by atoms with Crippen molar-refractivity contribution in [3.8, 4) is 11.5 Å². The SMILES string of the molecule is COc1ccc(OC)c(C[NH+]2CCC([NH+]3CCC[C@@H](C)C3)CC2)c1. The lowest BCUT2D eigenvalue weighted by Crippen LogP contribution is -3.21. The summed E-state index contributed by atoms with van der Waals surface area (Å²) in [6.45, 7) is 8.82. The van der Waals surface area contributed by atoms with Crippen molar-refractivity contribution in [2.45, 2.75) is 45.2 Å². The van der Waals surface area contributed by atoms with Crippen LogP contribution < -0.4 is 19.3 Å². The zero-order chi connectivity index (χ0) is 16.9. The maximum Gasteiger partial charge on any atom is 0.127 e. The molecule has 134 valence electrons. The number of piperidine rings is 2. The third-order valence-electron chi connectivity index (χ3n) is 6.00. The molecular formula is C20H34N2O2+2. The molecule has 0 radical (unpaired) electrons. The van der Waals surface area contributed by atoms with Gasteiger partial charge in [0.2, 0.25) is 0 Å². The molecule has 1 aromatic carbocycles. The molecule has 2 fully saturated rings. The summed E-state index contributed by atoms with van der Waals surface area (Å²) in [6, 6.07) is 7.03. The Labute approximate surface area is 146 Å². The van der Waals surface area contributed by atoms with Gasteiger partial charge in [-0.05, 0) is 31.0 Å². The molecular weight excluding hydrogens is 300 g/mol. The first kappa shape index (κ1) is 17.6. The molecule has 0 amide bonds. The van der Waals surface area contributed by atoms with Gasteiger partial charge in [-0.2, -0.15) is 0 Å². The van der Waals surface area contributed by atoms with Crippen molar-refractivity contribution in [2.75, 3.05) is 40.4 Å². The molecule has 0 spiro atoms. The van der Waals surface area contributed by atoms with Gasteiger partial charge in [-0.3, -0.25) is 0 Å². The molecule has 2 aliphatic rings. The minimum Gasteiger partial charge on any atom is -0.497 e. The first-order valence-corrected chi connectivity index (χ1v) is 9.58. The van der Waals surface area contributed by atoms with Gasteiger partial charge >= 0.3 is 0 Å². The van der Waals surface area contributed by atoms with Crippen LogP contribution in [0.5, 0.6) is 11.5 Å². The van der Waals surface area contributed by atoms with E-state index in [1.165, 1.54) is 57.4 Å². The van der Waals surface area contributed by atoms with E-state index in [2.05, 4.69) is 13.0 Å². The standard InChI is InChI=1S/C20H32N2O2/c1-16-5-4-10-22(14-16)18-8-11-21(12-9-18)15-17-13-19(23-2)6-7-20(17)24-3/h6-7,13,16,18H,4-5,8-12,14-15H2,1-3H3/p+2/t16-/m1/s1. The van der Waals surface area contributed by atoms with Crippen LogP contribution in [0.25, 0.3) is 0 Å². The number of hydrogen-bond acceptors (Lipinski definition) is 2. The van der Waals surface area contributed by atoms with Crippen molar-refractivity contribution in [1.29, 1.82) is 0 Å². The topological polar surface area (TPSA) is 27.3 Å². The summed E-state index contributed by atoms with van der Waals surface area (Å²) < 4.78 is 10.9. The normalized spacial score (nSPS) is 30.8. The molecule has 2 N–H and O–H groups in total. The fraction of sp³-hybridized carbons (Fsp3) is 0.700. The molecule has 0 aromatic heterocycles. The highest BCUT2D eigenvalue weighted by Gasteiger charge is 2.32. The molecule has 24 heavy (non-hydrogen) atoms. The Bertz CT molecular complexity index is 526. The lowest BCUT2D eigenvalue weighted by Gasteiger charge is -2.37. The molecule has 3 rings (SSSR count). The van der Waals surface area contributed by atoms with E-state index >= 15 is 0 Å². The van der Waals surface area contributed by atoms with Gasteiger partial charge in [-0.15, -0.1) is 0 Å². The van der Waals surface area contributed by atoms with Crippen LogP contribution in [0.15, 0.2) is 18.2 Å². The van der Waals surface area contributed by atoms with E-state index < -0.39 is 0 Å². The number of rotatable bonds is 5. The Morgan fingerprint density at radius 2 is 1.83 bits per heavy atom. The van der Waals surface area contributed by atoms with E-state index in [1.807, 2.05) is 17.0 Å². The lowest BCUT2D eigenvalue weighted by atomic mass is 9.95. The summed E-state index contributed by atoms with van der Waals surface area (Å²) in [5.74, 6) is 2.83. The van der Waals surface area contributed by atoms with Crippen molar-refractivity contribution < 1.29 is 19.3 Å². The van der Waals surface area contributed by atoms with Crippen molar-refractivity contribution in [1.82, 2.24) is 0 Å². The van der Waals surface area contributed by atoms with E-state index in [4.69, 9.17) is 9.47 Å². The Morgan fingerprint density at radius 1 is 1.04 bits per heavy atom. The van der Waals surface area contributed by atoms with Gasteiger partial charge < -0.3 is 19.3 Å². The van der Waals surface area contributed by atoms with Crippen LogP contribution >= 0.6 is 0 Å². The van der Waals surface area contributed by atoms with Crippen LogP contribution in [0.3, 0.4) is 0 Å². The smallest absolute Gasteiger partial charge is 0.127 e. The number of methoxy groups -OCH3 is 2. The van der Waals surface area contributed by atoms with Gasteiger partial charge in [-0.1, -0.05) is 6.92 Å². The number of benzene rings is 1. The highest BCUT2D eigenvalue weighted by molar-refractivity contribution is 5.39. The molecule has 1 aromatic rings. The highest BCUT2D eigenvalue weighted by atomic mass is 16.5. The number of ether oxygens (including phenoxy) is 2. The Hall–Kier alpha value is -1.26. The second-order valence-corrected chi connectivity index (χ2v) is 7.74. The Morgan fingerprint density at radius 3 is 2.50 bits per heavy atom. The van der Waals surface area contributed by atoms with Crippen LogP contribution in [0.1, 0.15) is 38.2 Å². The molecule has 2 saturated heterocycles. The predicted molar refractivity (Wildman–Crippen MR) is 96.1 cm³/mol. The molecule has 1 unspecified atom stereocenters. The number of likely N-dealkylation sites (tertiary alicyclic amines) is 2. The first-order chi connectivity index (χ1) is 11.7. The van der Waals surface area contributed by atoms with Crippen LogP contribution in [0, 0.1) is 5.92 Å². The van der Waals surface area contributed by atoms with E-state index in [-0.39, 0.29) is 0 Å². The highest BCUT2D eigenvalue weighted by Crippen LogP contribution is 2.23. The van der Waals surface area contributed by atoms with E-state index in [0.29, 0.717) is 0 Å². The average molecular weight is 335 g/mol. The lowest BCUT2D eigenvalue weighted by molar-refractivity contribution is -0.967. The van der Waals surface area contributed by atoms with E-state index in [1.54, 1.807) is 19.1 Å². The Kier molecular flexibility index (Phi) is 6.01. The molecule has 2 aliphatic heterocycles. The average Bonchev–Trinajstić information content (AvgIpc) is 2.62. The maximum absolute atomic E-state index is 5.54. The molecule has 4 nitrogen and oxygen atoms in total. The largest absolute Gasteiger partial charge is 0.497 e. The molecule has 2 atom stereocenters. The molecule has 4 heteroatoms. The Balaban J connectivity index is 1.55. The van der Waals surface area contributed by atoms with Crippen molar-refractivity contribution in [2.24, 2.45) is 5.92 Å². The number of quaternary nitrogens is 2. The molecule has 0 aliphatic carbocycles. The molecule has 0 bridgehead atoms. The summed E-state index contributed by atoms with van der Waals surface area (Å²) in [5.41, 5.74) is 1.27. The third kappa shape index (κ3) is 4.22. The molecule has 2 heterocycles. The maximum atomic E-state index is 5.54. The van der Waals surface area contributed by atoms with Crippen LogP contribution in [0.4, 0.5) is 0 Å². The van der Waals surface area contributed by atoms with Gasteiger partial charge in [0.25, 0.3) is 0 Å². The monoisotopic (exact) mass is 334 g/mol. The molecule has 0 saturated carbocycles. The summed E-state index contributed by atoms with van der Waals surface area (Å²) >= 11 is 0. The van der Waals surface area contributed by atoms with Gasteiger partial charge in [0.1, 0.15) is 18.0 Å². The summed E-state index contributed by atoms with van der Waals surface area (Å²) in [6.07, 6.45) is 5.58. The van der Waals surface area contributed by atoms with Gasteiger partial charge in [-0.25, -0.2) is 0 Å². The second kappa shape index (κ2) is 8.21. The van der Waals surface area contributed by atoms with Crippen molar-refractivity contribution in [3.05, 3.63) is 23.8 Å². The second-order valence-electron chi connectivity index (χ2n) is 7.74. The minimum absolute atomic E-state index is 0.892. The quantitative estimate of drug-likeness (QED) is 0.824. The van der Waals surface area contributed by atoms with E-state index in [0.717, 1.165) is 30.0 Å². The van der Waals surface area contributed by atoms with Crippen LogP contribution in [0.2, 0.25) is 0 Å². The zero-order valence-electron chi connectivity index (χ0n) is 15.6. The number of nitrogens with one attached hydrogen (secondary N) is 2. The van der Waals surface area contributed by atoms with Gasteiger partial charge in [0, 0.05) is 18.8 Å². The van der Waals surface area contributed by atoms with Crippen LogP contribution in [-0.2, 0) is 6.54 Å². The minimum atomic E-state index is 0.892. The van der Waals surface area contributed by atoms with Gasteiger partial charge in [0.05, 0.1) is 52.0 Å². The van der Waals surface area contributed by atoms with Crippen molar-refractivity contribution in [3.63, 3.8) is 0 Å². The summed E-state index contributed by atoms with van der Waals surface area (Å²) in [4.78, 5) is 3.56. The van der Waals surface area contributed by atoms with Gasteiger partial charge in [0.15, 0.2) is 0 Å². The van der Waals surface area contributed by atoms with E-state index in [9.17, 15) is 0 Å². The zero-order valence-corrected chi connectivity index (χ0v) is 15.6. The third-order valence-corrected chi connectivity index (χ3v) is 6.00. The summed E-state index contributed by atoms with van der Waals surface area (Å²) in [5, 5.41) is 0. The fourth-order valence-electron chi connectivity index (χ4n) is 4.60. The van der Waals surface area contributed by atoms with Crippen LogP contribution in [-0.4, -0.2) is 46.4 Å². The van der Waals surface area contributed by atoms with Crippen molar-refractivity contribution >= 4 is 0 Å². The summed E-state index contributed by atoms with van der Waals surface area (Å²) in [7, 11) is 3.49. The number of hydrogen-bond donors (Lipinski definition) is 2. The predicted octanol–water partition coefficient (Wildman–Crippen LogP) is 0.566. The first-order valence-electron chi connectivity index (χ1n) is 9.58. The fourth-order valence-corrected chi connectivity index (χ4v) is 4.60.